The predicted molar refractivity (Wildman–Crippen MR) is 64.3 cm³/mol. The molecule has 1 aromatic carbocycles. The molecule has 0 heterocycles. The number of benzene rings is 1. The van der Waals surface area contributed by atoms with Crippen LogP contribution in [-0.2, 0) is 16.6 Å². The largest absolute Gasteiger partial charge is 0.398 e. The van der Waals surface area contributed by atoms with E-state index < -0.39 is 0 Å². The minimum absolute atomic E-state index is 0.209. The first-order chi connectivity index (χ1) is 7.74. The van der Waals surface area contributed by atoms with Crippen molar-refractivity contribution in [3.63, 3.8) is 0 Å². The molecule has 2 nitrogen and oxygen atoms in total. The third kappa shape index (κ3) is 1.16. The summed E-state index contributed by atoms with van der Waals surface area (Å²) in [6.45, 7) is 0. The zero-order valence-corrected chi connectivity index (χ0v) is 9.46. The van der Waals surface area contributed by atoms with E-state index in [1.807, 2.05) is 12.1 Å². The highest BCUT2D eigenvalue weighted by Gasteiger charge is 2.46. The van der Waals surface area contributed by atoms with E-state index in [1.54, 1.807) is 0 Å². The number of carbonyl (C=O) groups excluding carboxylic acids is 1. The second-order valence-electron chi connectivity index (χ2n) is 5.09. The van der Waals surface area contributed by atoms with E-state index in [2.05, 4.69) is 6.07 Å². The fraction of sp³-hybridized carbons (Fsp3) is 0.500. The second-order valence-corrected chi connectivity index (χ2v) is 5.09. The molecular formula is C14H17NO. The van der Waals surface area contributed by atoms with Gasteiger partial charge in [-0.2, -0.15) is 0 Å². The van der Waals surface area contributed by atoms with Crippen molar-refractivity contribution in [2.75, 3.05) is 5.73 Å². The number of hydrogen-bond donors (Lipinski definition) is 1. The molecule has 2 aliphatic rings. The number of aryl methyl sites for hydroxylation is 1. The molecule has 2 aliphatic carbocycles. The van der Waals surface area contributed by atoms with Crippen molar-refractivity contribution in [1.29, 1.82) is 0 Å². The van der Waals surface area contributed by atoms with E-state index in [4.69, 9.17) is 5.73 Å². The highest BCUT2D eigenvalue weighted by Crippen LogP contribution is 2.48. The SMILES string of the molecule is Nc1cccc2c1C1(CCCC1)C(=O)CC2. The van der Waals surface area contributed by atoms with E-state index in [0.717, 1.165) is 24.9 Å². The number of nitrogen functional groups attached to an aromatic ring is 1. The highest BCUT2D eigenvalue weighted by atomic mass is 16.1. The van der Waals surface area contributed by atoms with Crippen molar-refractivity contribution in [3.8, 4) is 0 Å². The van der Waals surface area contributed by atoms with Crippen LogP contribution in [0.2, 0.25) is 0 Å². The van der Waals surface area contributed by atoms with Gasteiger partial charge < -0.3 is 5.73 Å². The number of ketones is 1. The smallest absolute Gasteiger partial charge is 0.143 e. The maximum absolute atomic E-state index is 12.3. The molecular weight excluding hydrogens is 198 g/mol. The van der Waals surface area contributed by atoms with Crippen molar-refractivity contribution >= 4 is 11.5 Å². The predicted octanol–water partition coefficient (Wildman–Crippen LogP) is 2.60. The Kier molecular flexibility index (Phi) is 2.06. The second kappa shape index (κ2) is 3.34. The van der Waals surface area contributed by atoms with Crippen LogP contribution in [0, 0.1) is 0 Å². The lowest BCUT2D eigenvalue weighted by molar-refractivity contribution is -0.125. The maximum atomic E-state index is 12.3. The average molecular weight is 215 g/mol. The maximum Gasteiger partial charge on any atom is 0.143 e. The number of hydrogen-bond acceptors (Lipinski definition) is 2. The zero-order chi connectivity index (χ0) is 11.2. The molecule has 2 heteroatoms. The summed E-state index contributed by atoms with van der Waals surface area (Å²) in [5.74, 6) is 0.426. The Morgan fingerprint density at radius 1 is 1.12 bits per heavy atom. The molecule has 1 aromatic rings. The Morgan fingerprint density at radius 3 is 2.62 bits per heavy atom. The number of rotatable bonds is 0. The van der Waals surface area contributed by atoms with Crippen LogP contribution in [0.4, 0.5) is 5.69 Å². The number of Topliss-reactive ketones (excluding diaryl/α,β-unsaturated/α-hetero) is 1. The fourth-order valence-corrected chi connectivity index (χ4v) is 3.55. The first kappa shape index (κ1) is 9.88. The molecule has 0 atom stereocenters. The number of nitrogens with two attached hydrogens (primary N) is 1. The van der Waals surface area contributed by atoms with Crippen LogP contribution in [-0.4, -0.2) is 5.78 Å². The summed E-state index contributed by atoms with van der Waals surface area (Å²) in [7, 11) is 0. The van der Waals surface area contributed by atoms with Gasteiger partial charge in [-0.1, -0.05) is 25.0 Å². The van der Waals surface area contributed by atoms with E-state index in [1.165, 1.54) is 24.0 Å². The Labute approximate surface area is 95.8 Å². The van der Waals surface area contributed by atoms with Gasteiger partial charge in [0.05, 0.1) is 5.41 Å². The van der Waals surface area contributed by atoms with Gasteiger partial charge >= 0.3 is 0 Å². The normalized spacial score (nSPS) is 22.4. The third-order valence-corrected chi connectivity index (χ3v) is 4.27. The van der Waals surface area contributed by atoms with E-state index in [-0.39, 0.29) is 5.41 Å². The molecule has 1 fully saturated rings. The van der Waals surface area contributed by atoms with Gasteiger partial charge in [0.15, 0.2) is 0 Å². The molecule has 84 valence electrons. The first-order valence-electron chi connectivity index (χ1n) is 6.15. The third-order valence-electron chi connectivity index (χ3n) is 4.27. The summed E-state index contributed by atoms with van der Waals surface area (Å²) in [6.07, 6.45) is 5.93. The van der Waals surface area contributed by atoms with Gasteiger partial charge in [0, 0.05) is 12.1 Å². The van der Waals surface area contributed by atoms with Crippen molar-refractivity contribution in [2.45, 2.75) is 43.9 Å². The van der Waals surface area contributed by atoms with Crippen molar-refractivity contribution in [3.05, 3.63) is 29.3 Å². The minimum Gasteiger partial charge on any atom is -0.398 e. The van der Waals surface area contributed by atoms with Gasteiger partial charge in [-0.15, -0.1) is 0 Å². The quantitative estimate of drug-likeness (QED) is 0.676. The molecule has 1 spiro atoms. The Balaban J connectivity index is 2.23. The number of fused-ring (bicyclic) bond motifs is 2. The van der Waals surface area contributed by atoms with Crippen LogP contribution in [0.25, 0.3) is 0 Å². The van der Waals surface area contributed by atoms with Crippen LogP contribution >= 0.6 is 0 Å². The van der Waals surface area contributed by atoms with Gasteiger partial charge in [-0.05, 0) is 36.5 Å². The molecule has 0 bridgehead atoms. The Morgan fingerprint density at radius 2 is 1.88 bits per heavy atom. The molecule has 3 rings (SSSR count). The Bertz CT molecular complexity index is 444. The van der Waals surface area contributed by atoms with Gasteiger partial charge in [0.2, 0.25) is 0 Å². The van der Waals surface area contributed by atoms with E-state index in [9.17, 15) is 4.79 Å². The molecule has 2 N–H and O–H groups in total. The van der Waals surface area contributed by atoms with Crippen molar-refractivity contribution in [2.24, 2.45) is 0 Å². The van der Waals surface area contributed by atoms with Crippen LogP contribution < -0.4 is 5.73 Å². The van der Waals surface area contributed by atoms with Gasteiger partial charge in [0.1, 0.15) is 5.78 Å². The average Bonchev–Trinajstić information content (AvgIpc) is 2.74. The fourth-order valence-electron chi connectivity index (χ4n) is 3.55. The minimum atomic E-state index is -0.209. The number of carbonyl (C=O) groups is 1. The summed E-state index contributed by atoms with van der Waals surface area (Å²) in [6, 6.07) is 6.09. The summed E-state index contributed by atoms with van der Waals surface area (Å²) >= 11 is 0. The first-order valence-corrected chi connectivity index (χ1v) is 6.15. The van der Waals surface area contributed by atoms with E-state index >= 15 is 0 Å². The van der Waals surface area contributed by atoms with E-state index in [0.29, 0.717) is 12.2 Å². The molecule has 0 aliphatic heterocycles. The molecule has 1 saturated carbocycles. The summed E-state index contributed by atoms with van der Waals surface area (Å²) in [5, 5.41) is 0. The molecule has 0 unspecified atom stereocenters. The number of anilines is 1. The Hall–Kier alpha value is -1.31. The molecule has 16 heavy (non-hydrogen) atoms. The standard InChI is InChI=1S/C14H17NO/c15-11-5-3-4-10-6-7-12(16)14(13(10)11)8-1-2-9-14/h3-5H,1-2,6-9,15H2. The van der Waals surface area contributed by atoms with Crippen molar-refractivity contribution in [1.82, 2.24) is 0 Å². The molecule has 0 saturated heterocycles. The topological polar surface area (TPSA) is 43.1 Å². The monoisotopic (exact) mass is 215 g/mol. The lowest BCUT2D eigenvalue weighted by Gasteiger charge is -2.35. The zero-order valence-electron chi connectivity index (χ0n) is 9.46. The van der Waals surface area contributed by atoms with Crippen LogP contribution in [0.15, 0.2) is 18.2 Å². The molecule has 0 radical (unpaired) electrons. The van der Waals surface area contributed by atoms with Crippen LogP contribution in [0.3, 0.4) is 0 Å². The van der Waals surface area contributed by atoms with Gasteiger partial charge in [0.25, 0.3) is 0 Å². The van der Waals surface area contributed by atoms with Crippen molar-refractivity contribution < 1.29 is 4.79 Å². The van der Waals surface area contributed by atoms with Gasteiger partial charge in [-0.25, -0.2) is 0 Å². The molecule has 0 aromatic heterocycles. The van der Waals surface area contributed by atoms with Gasteiger partial charge in [-0.3, -0.25) is 4.79 Å². The summed E-state index contributed by atoms with van der Waals surface area (Å²) in [4.78, 5) is 12.3. The van der Waals surface area contributed by atoms with Crippen LogP contribution in [0.1, 0.15) is 43.2 Å². The summed E-state index contributed by atoms with van der Waals surface area (Å²) < 4.78 is 0. The lowest BCUT2D eigenvalue weighted by atomic mass is 9.67. The molecule has 0 amide bonds. The highest BCUT2D eigenvalue weighted by molar-refractivity contribution is 5.94. The summed E-state index contributed by atoms with van der Waals surface area (Å²) in [5.41, 5.74) is 9.20. The lowest BCUT2D eigenvalue weighted by Crippen LogP contribution is -2.38. The van der Waals surface area contributed by atoms with Crippen LogP contribution in [0.5, 0.6) is 0 Å².